The van der Waals surface area contributed by atoms with Gasteiger partial charge in [-0.15, -0.1) is 17.0 Å². The first kappa shape index (κ1) is 12.9. The molecule has 2 nitrogen and oxygen atoms in total. The van der Waals surface area contributed by atoms with Crippen LogP contribution < -0.4 is 11.3 Å². The molecule has 0 unspecified atom stereocenters. The molecule has 0 bridgehead atoms. The van der Waals surface area contributed by atoms with Crippen molar-refractivity contribution < 1.29 is 0 Å². The monoisotopic (exact) mass is 422 g/mol. The van der Waals surface area contributed by atoms with Crippen LogP contribution >= 0.6 is 64.8 Å². The van der Waals surface area contributed by atoms with Crippen molar-refractivity contribution in [2.45, 2.75) is 0 Å². The molecule has 3 N–H and O–H groups in total. The Kier molecular flexibility index (Phi) is 6.01. The van der Waals surface area contributed by atoms with Crippen LogP contribution in [-0.4, -0.2) is 0 Å². The number of nitrogen functional groups attached to an aromatic ring is 1. The molecule has 12 heavy (non-hydrogen) atoms. The van der Waals surface area contributed by atoms with E-state index in [0.29, 0.717) is 0 Å². The lowest BCUT2D eigenvalue weighted by atomic mass is 10.3. The van der Waals surface area contributed by atoms with Crippen LogP contribution in [0.1, 0.15) is 0 Å². The van der Waals surface area contributed by atoms with E-state index in [1.165, 1.54) is 0 Å². The zero-order chi connectivity index (χ0) is 8.43. The van der Waals surface area contributed by atoms with Gasteiger partial charge >= 0.3 is 0 Å². The molecule has 68 valence electrons. The first-order valence-electron chi connectivity index (χ1n) is 2.76. The minimum Gasteiger partial charge on any atom is -0.323 e. The van der Waals surface area contributed by atoms with E-state index in [1.54, 1.807) is 0 Å². The Morgan fingerprint density at radius 1 is 1.00 bits per heavy atom. The van der Waals surface area contributed by atoms with E-state index in [2.05, 4.69) is 53.2 Å². The molecule has 0 aromatic heterocycles. The molecule has 0 spiro atoms. The molecule has 6 heteroatoms. The van der Waals surface area contributed by atoms with Gasteiger partial charge < -0.3 is 5.43 Å². The van der Waals surface area contributed by atoms with E-state index in [0.717, 1.165) is 19.1 Å². The Morgan fingerprint density at radius 2 is 1.50 bits per heavy atom. The summed E-state index contributed by atoms with van der Waals surface area (Å²) < 4.78 is 2.88. The summed E-state index contributed by atoms with van der Waals surface area (Å²) in [6.45, 7) is 0. The van der Waals surface area contributed by atoms with Crippen LogP contribution in [0.25, 0.3) is 0 Å². The van der Waals surface area contributed by atoms with Crippen molar-refractivity contribution in [2.75, 3.05) is 5.43 Å². The predicted octanol–water partition coefficient (Wildman–Crippen LogP) is 3.84. The average molecular weight is 426 g/mol. The third kappa shape index (κ3) is 2.99. The highest BCUT2D eigenvalue weighted by molar-refractivity contribution is 9.13. The van der Waals surface area contributed by atoms with Crippen molar-refractivity contribution in [1.29, 1.82) is 0 Å². The number of anilines is 1. The summed E-state index contributed by atoms with van der Waals surface area (Å²) >= 11 is 10.1. The zero-order valence-electron chi connectivity index (χ0n) is 5.77. The first-order valence-corrected chi connectivity index (χ1v) is 5.14. The topological polar surface area (TPSA) is 38.0 Å². The van der Waals surface area contributed by atoms with Crippen molar-refractivity contribution in [1.82, 2.24) is 0 Å². The van der Waals surface area contributed by atoms with E-state index in [9.17, 15) is 0 Å². The molecule has 0 aliphatic rings. The molecule has 1 rings (SSSR count). The number of halogens is 4. The van der Waals surface area contributed by atoms with Crippen molar-refractivity contribution in [3.8, 4) is 0 Å². The van der Waals surface area contributed by atoms with Crippen molar-refractivity contribution in [3.05, 3.63) is 25.6 Å². The number of rotatable bonds is 1. The molecule has 0 amide bonds. The largest absolute Gasteiger partial charge is 0.323 e. The minimum atomic E-state index is 0. The maximum atomic E-state index is 5.25. The minimum absolute atomic E-state index is 0. The summed E-state index contributed by atoms with van der Waals surface area (Å²) in [6.07, 6.45) is 0. The summed E-state index contributed by atoms with van der Waals surface area (Å²) in [5, 5.41) is 0. The molecule has 0 aliphatic heterocycles. The average Bonchev–Trinajstić information content (AvgIpc) is 1.97. The lowest BCUT2D eigenvalue weighted by Gasteiger charge is -2.04. The van der Waals surface area contributed by atoms with Gasteiger partial charge in [-0.25, -0.2) is 0 Å². The number of nitrogens with one attached hydrogen (secondary N) is 1. The second-order valence-corrected chi connectivity index (χ2v) is 4.45. The summed E-state index contributed by atoms with van der Waals surface area (Å²) in [7, 11) is 0. The van der Waals surface area contributed by atoms with Gasteiger partial charge in [0.15, 0.2) is 0 Å². The molecular formula is C6H6Br4N2. The number of hydrazine groups is 1. The molecular weight excluding hydrogens is 420 g/mol. The first-order chi connectivity index (χ1) is 5.15. The standard InChI is InChI=1S/C6H5Br3N2.BrH/c7-3-1-5(9)6(11-10)2-4(3)8;/h1-2,11H,10H2;1H. The molecule has 0 aliphatic carbocycles. The Bertz CT molecular complexity index is 276. The fourth-order valence-corrected chi connectivity index (χ4v) is 2.08. The second-order valence-electron chi connectivity index (χ2n) is 1.89. The quantitative estimate of drug-likeness (QED) is 0.408. The van der Waals surface area contributed by atoms with Gasteiger partial charge in [-0.1, -0.05) is 0 Å². The van der Waals surface area contributed by atoms with Crippen molar-refractivity contribution >= 4 is 70.5 Å². The van der Waals surface area contributed by atoms with E-state index < -0.39 is 0 Å². The van der Waals surface area contributed by atoms with E-state index in [4.69, 9.17) is 5.84 Å². The van der Waals surface area contributed by atoms with Gasteiger partial charge in [-0.05, 0) is 59.9 Å². The van der Waals surface area contributed by atoms with Crippen LogP contribution in [-0.2, 0) is 0 Å². The zero-order valence-corrected chi connectivity index (χ0v) is 12.2. The fourth-order valence-electron chi connectivity index (χ4n) is 0.633. The molecule has 0 heterocycles. The highest BCUT2D eigenvalue weighted by Crippen LogP contribution is 2.32. The lowest BCUT2D eigenvalue weighted by Crippen LogP contribution is -2.07. The summed E-state index contributed by atoms with van der Waals surface area (Å²) in [6, 6.07) is 3.80. The van der Waals surface area contributed by atoms with Crippen LogP contribution in [0.5, 0.6) is 0 Å². The van der Waals surface area contributed by atoms with Gasteiger partial charge in [0.05, 0.1) is 5.69 Å². The number of hydrogen-bond donors (Lipinski definition) is 2. The highest BCUT2D eigenvalue weighted by atomic mass is 79.9. The highest BCUT2D eigenvalue weighted by Gasteiger charge is 2.02. The molecule has 1 aromatic rings. The van der Waals surface area contributed by atoms with Crippen LogP contribution in [0.4, 0.5) is 5.69 Å². The van der Waals surface area contributed by atoms with Gasteiger partial charge in [0.2, 0.25) is 0 Å². The van der Waals surface area contributed by atoms with Crippen LogP contribution in [0.15, 0.2) is 25.6 Å². The molecule has 0 saturated carbocycles. The van der Waals surface area contributed by atoms with Gasteiger partial charge in [0.1, 0.15) is 0 Å². The lowest BCUT2D eigenvalue weighted by molar-refractivity contribution is 1.33. The molecule has 0 atom stereocenters. The Labute approximate surface area is 106 Å². The Hall–Kier alpha value is 0.900. The molecule has 0 fully saturated rings. The maximum Gasteiger partial charge on any atom is 0.0639 e. The number of benzene rings is 1. The van der Waals surface area contributed by atoms with E-state index in [-0.39, 0.29) is 17.0 Å². The van der Waals surface area contributed by atoms with Gasteiger partial charge in [-0.3, -0.25) is 5.84 Å². The Balaban J connectivity index is 0.00000121. The van der Waals surface area contributed by atoms with Gasteiger partial charge in [0, 0.05) is 13.4 Å². The van der Waals surface area contributed by atoms with Crippen molar-refractivity contribution in [3.63, 3.8) is 0 Å². The third-order valence-electron chi connectivity index (χ3n) is 1.17. The van der Waals surface area contributed by atoms with Gasteiger partial charge in [0.25, 0.3) is 0 Å². The summed E-state index contributed by atoms with van der Waals surface area (Å²) in [4.78, 5) is 0. The third-order valence-corrected chi connectivity index (χ3v) is 3.67. The number of nitrogens with two attached hydrogens (primary N) is 1. The molecule has 1 aromatic carbocycles. The van der Waals surface area contributed by atoms with Crippen molar-refractivity contribution in [2.24, 2.45) is 5.84 Å². The number of hydrogen-bond acceptors (Lipinski definition) is 2. The van der Waals surface area contributed by atoms with Crippen LogP contribution in [0.2, 0.25) is 0 Å². The van der Waals surface area contributed by atoms with Gasteiger partial charge in [-0.2, -0.15) is 0 Å². The summed E-state index contributed by atoms with van der Waals surface area (Å²) in [5.74, 6) is 5.25. The maximum absolute atomic E-state index is 5.25. The predicted molar refractivity (Wildman–Crippen MR) is 67.7 cm³/mol. The smallest absolute Gasteiger partial charge is 0.0639 e. The Morgan fingerprint density at radius 3 is 2.00 bits per heavy atom. The SMILES string of the molecule is Br.NNc1cc(Br)c(Br)cc1Br. The van der Waals surface area contributed by atoms with Crippen LogP contribution in [0, 0.1) is 0 Å². The van der Waals surface area contributed by atoms with E-state index >= 15 is 0 Å². The molecule has 0 saturated heterocycles. The van der Waals surface area contributed by atoms with E-state index in [1.807, 2.05) is 12.1 Å². The normalized spacial score (nSPS) is 9.00. The summed E-state index contributed by atoms with van der Waals surface area (Å²) in [5.41, 5.74) is 3.41. The fraction of sp³-hybridized carbons (Fsp3) is 0. The molecule has 0 radical (unpaired) electrons. The second kappa shape index (κ2) is 5.59. The van der Waals surface area contributed by atoms with Crippen LogP contribution in [0.3, 0.4) is 0 Å².